The topological polar surface area (TPSA) is 48.4 Å². The van der Waals surface area contributed by atoms with Gasteiger partial charge in [-0.25, -0.2) is 0 Å². The summed E-state index contributed by atoms with van der Waals surface area (Å²) in [4.78, 5) is 9.24. The molecule has 1 saturated heterocycles. The molecule has 0 amide bonds. The maximum absolute atomic E-state index is 9.16. The van der Waals surface area contributed by atoms with Gasteiger partial charge in [0.05, 0.1) is 17.8 Å². The van der Waals surface area contributed by atoms with E-state index in [4.69, 9.17) is 17.3 Å². The van der Waals surface area contributed by atoms with Gasteiger partial charge in [-0.05, 0) is 49.8 Å². The van der Waals surface area contributed by atoms with E-state index in [9.17, 15) is 0 Å². The number of aliphatic hydroxyl groups excluding tert-OH is 1. The number of thiophene rings is 1. The van der Waals surface area contributed by atoms with Crippen molar-refractivity contribution in [1.82, 2.24) is 15.2 Å². The molecule has 0 spiro atoms. The Morgan fingerprint density at radius 2 is 2.23 bits per heavy atom. The second-order valence-electron chi connectivity index (χ2n) is 5.35. The molecule has 2 aromatic rings. The van der Waals surface area contributed by atoms with Gasteiger partial charge in [-0.1, -0.05) is 6.07 Å². The van der Waals surface area contributed by atoms with Crippen molar-refractivity contribution in [2.45, 2.75) is 25.4 Å². The summed E-state index contributed by atoms with van der Waals surface area (Å²) in [6.07, 6.45) is 2.52. The smallest absolute Gasteiger partial charge is 0.170 e. The Hall–Kier alpha value is -1.50. The summed E-state index contributed by atoms with van der Waals surface area (Å²) >= 11 is 7.32. The number of nitrogens with zero attached hydrogens (tertiary/aromatic N) is 2. The van der Waals surface area contributed by atoms with Crippen molar-refractivity contribution in [2.75, 3.05) is 13.2 Å². The minimum atomic E-state index is 0.0467. The molecule has 1 fully saturated rings. The number of hydrogen-bond acceptors (Lipinski definition) is 4. The highest BCUT2D eigenvalue weighted by Crippen LogP contribution is 2.41. The number of thiocarbonyl (C=S) groups is 1. The van der Waals surface area contributed by atoms with E-state index < -0.39 is 0 Å². The van der Waals surface area contributed by atoms with Crippen molar-refractivity contribution >= 4 is 28.7 Å². The molecule has 22 heavy (non-hydrogen) atoms. The average Bonchev–Trinajstić information content (AvgIpc) is 3.09. The molecule has 3 heterocycles. The van der Waals surface area contributed by atoms with E-state index in [0.29, 0.717) is 6.42 Å². The van der Waals surface area contributed by atoms with Gasteiger partial charge >= 0.3 is 0 Å². The molecule has 6 heteroatoms. The fourth-order valence-corrected chi connectivity index (χ4v) is 4.17. The quantitative estimate of drug-likeness (QED) is 0.824. The van der Waals surface area contributed by atoms with Crippen molar-refractivity contribution in [3.8, 4) is 0 Å². The zero-order valence-electron chi connectivity index (χ0n) is 12.4. The van der Waals surface area contributed by atoms with Crippen LogP contribution in [-0.2, 0) is 0 Å². The first-order chi connectivity index (χ1) is 10.7. The molecule has 1 aliphatic rings. The Bertz CT molecular complexity index is 644. The second-order valence-corrected chi connectivity index (χ2v) is 7.05. The van der Waals surface area contributed by atoms with Gasteiger partial charge in [0, 0.05) is 29.1 Å². The van der Waals surface area contributed by atoms with Crippen LogP contribution < -0.4 is 5.32 Å². The number of aryl methyl sites for hydroxylation is 1. The van der Waals surface area contributed by atoms with E-state index >= 15 is 0 Å². The number of nitrogens with one attached hydrogen (secondary N) is 1. The van der Waals surface area contributed by atoms with Crippen LogP contribution >= 0.6 is 23.6 Å². The minimum Gasteiger partial charge on any atom is -0.396 e. The van der Waals surface area contributed by atoms with Gasteiger partial charge in [0.1, 0.15) is 0 Å². The summed E-state index contributed by atoms with van der Waals surface area (Å²) in [6.45, 7) is 3.03. The molecule has 2 N–H and O–H groups in total. The molecule has 2 aromatic heterocycles. The fraction of sp³-hybridized carbons (Fsp3) is 0.375. The lowest BCUT2D eigenvalue weighted by atomic mass is 10.0. The van der Waals surface area contributed by atoms with Gasteiger partial charge in [0.25, 0.3) is 0 Å². The second kappa shape index (κ2) is 6.73. The summed E-state index contributed by atoms with van der Waals surface area (Å²) in [7, 11) is 0. The van der Waals surface area contributed by atoms with E-state index in [2.05, 4.69) is 34.3 Å². The van der Waals surface area contributed by atoms with Crippen LogP contribution in [0.3, 0.4) is 0 Å². The Labute approximate surface area is 139 Å². The first kappa shape index (κ1) is 15.4. The molecule has 116 valence electrons. The summed E-state index contributed by atoms with van der Waals surface area (Å²) < 4.78 is 0. The first-order valence-corrected chi connectivity index (χ1v) is 8.58. The Balaban J connectivity index is 1.96. The molecule has 2 atom stereocenters. The highest BCUT2D eigenvalue weighted by molar-refractivity contribution is 7.80. The van der Waals surface area contributed by atoms with Crippen molar-refractivity contribution in [2.24, 2.45) is 0 Å². The molecular formula is C16H19N3OS2. The monoisotopic (exact) mass is 333 g/mol. The molecule has 0 saturated carbocycles. The van der Waals surface area contributed by atoms with Crippen LogP contribution in [0.15, 0.2) is 36.5 Å². The minimum absolute atomic E-state index is 0.0467. The van der Waals surface area contributed by atoms with Crippen LogP contribution in [0.25, 0.3) is 0 Å². The Kier molecular flexibility index (Phi) is 4.71. The number of hydrogen-bond donors (Lipinski definition) is 2. The molecular weight excluding hydrogens is 314 g/mol. The lowest BCUT2D eigenvalue weighted by Gasteiger charge is -2.26. The van der Waals surface area contributed by atoms with Gasteiger partial charge < -0.3 is 15.3 Å². The zero-order chi connectivity index (χ0) is 15.5. The lowest BCUT2D eigenvalue weighted by Crippen LogP contribution is -2.30. The Morgan fingerprint density at radius 3 is 2.86 bits per heavy atom. The first-order valence-electron chi connectivity index (χ1n) is 7.36. The van der Waals surface area contributed by atoms with Gasteiger partial charge in [-0.3, -0.25) is 4.98 Å². The predicted molar refractivity (Wildman–Crippen MR) is 92.9 cm³/mol. The predicted octanol–water partition coefficient (Wildman–Crippen LogP) is 2.81. The molecule has 3 rings (SSSR count). The van der Waals surface area contributed by atoms with E-state index in [1.807, 2.05) is 24.4 Å². The number of pyridine rings is 1. The van der Waals surface area contributed by atoms with Gasteiger partial charge in [-0.15, -0.1) is 11.3 Å². The standard InChI is InChI=1S/C16H19N3OS2/c1-11-6-7-13(22-11)15-14(12-5-2-3-8-17-12)18-16(21)19(15)9-4-10-20/h2-3,5-8,14-15,20H,4,9-10H2,1H3,(H,18,21)/t14-,15-/m0/s1. The molecule has 1 aliphatic heterocycles. The Morgan fingerprint density at radius 1 is 1.36 bits per heavy atom. The SMILES string of the molecule is Cc1ccc([C@H]2[C@H](c3ccccn3)NC(=S)N2CCCO)s1. The van der Waals surface area contributed by atoms with E-state index in [0.717, 1.165) is 17.4 Å². The highest BCUT2D eigenvalue weighted by Gasteiger charge is 2.39. The van der Waals surface area contributed by atoms with Crippen LogP contribution in [0.1, 0.15) is 34.0 Å². The summed E-state index contributed by atoms with van der Waals surface area (Å²) in [6, 6.07) is 10.4. The van der Waals surface area contributed by atoms with Crippen LogP contribution in [-0.4, -0.2) is 33.3 Å². The largest absolute Gasteiger partial charge is 0.396 e. The molecule has 0 unspecified atom stereocenters. The van der Waals surface area contributed by atoms with Crippen molar-refractivity contribution < 1.29 is 5.11 Å². The van der Waals surface area contributed by atoms with E-state index in [1.165, 1.54) is 9.75 Å². The molecule has 0 aliphatic carbocycles. The summed E-state index contributed by atoms with van der Waals surface area (Å²) in [5, 5.41) is 13.3. The van der Waals surface area contributed by atoms with Gasteiger partial charge in [0.2, 0.25) is 0 Å². The van der Waals surface area contributed by atoms with Crippen LogP contribution in [0.5, 0.6) is 0 Å². The van der Waals surface area contributed by atoms with Crippen LogP contribution in [0, 0.1) is 6.92 Å². The third-order valence-corrected chi connectivity index (χ3v) is 5.23. The normalized spacial score (nSPS) is 21.2. The number of aromatic nitrogens is 1. The molecule has 0 bridgehead atoms. The van der Waals surface area contributed by atoms with Crippen molar-refractivity contribution in [1.29, 1.82) is 0 Å². The van der Waals surface area contributed by atoms with Crippen molar-refractivity contribution in [3.05, 3.63) is 52.0 Å². The highest BCUT2D eigenvalue weighted by atomic mass is 32.1. The van der Waals surface area contributed by atoms with Gasteiger partial charge in [0.15, 0.2) is 5.11 Å². The molecule has 0 aromatic carbocycles. The summed E-state index contributed by atoms with van der Waals surface area (Å²) in [5.41, 5.74) is 0.993. The zero-order valence-corrected chi connectivity index (χ0v) is 14.0. The fourth-order valence-electron chi connectivity index (χ4n) is 2.81. The third kappa shape index (κ3) is 2.99. The maximum atomic E-state index is 9.16. The number of aliphatic hydroxyl groups is 1. The van der Waals surface area contributed by atoms with E-state index in [-0.39, 0.29) is 18.7 Å². The third-order valence-electron chi connectivity index (χ3n) is 3.81. The molecule has 4 nitrogen and oxygen atoms in total. The van der Waals surface area contributed by atoms with Crippen LogP contribution in [0.4, 0.5) is 0 Å². The average molecular weight is 333 g/mol. The van der Waals surface area contributed by atoms with Gasteiger partial charge in [-0.2, -0.15) is 0 Å². The molecule has 0 radical (unpaired) electrons. The van der Waals surface area contributed by atoms with Crippen molar-refractivity contribution in [3.63, 3.8) is 0 Å². The maximum Gasteiger partial charge on any atom is 0.170 e. The number of rotatable bonds is 5. The van der Waals surface area contributed by atoms with E-state index in [1.54, 1.807) is 11.3 Å². The lowest BCUT2D eigenvalue weighted by molar-refractivity contribution is 0.249. The van der Waals surface area contributed by atoms with Crippen LogP contribution in [0.2, 0.25) is 0 Å². The summed E-state index contributed by atoms with van der Waals surface area (Å²) in [5.74, 6) is 0.